The average molecular weight is 668 g/mol. The Kier molecular flexibility index (Phi) is 12.2. The Bertz CT molecular complexity index is 1550. The molecule has 3 aromatic carbocycles. The monoisotopic (exact) mass is 667 g/mol. The number of ether oxygens (including phenoxy) is 1. The molecule has 0 saturated carbocycles. The van der Waals surface area contributed by atoms with Crippen LogP contribution < -0.4 is 0 Å². The summed E-state index contributed by atoms with van der Waals surface area (Å²) in [5.41, 5.74) is 3.04. The smallest absolute Gasteiger partial charge is 0.416 e. The Morgan fingerprint density at radius 2 is 1.65 bits per heavy atom. The molecule has 2 heterocycles. The molecule has 0 unspecified atom stereocenters. The van der Waals surface area contributed by atoms with E-state index in [1.54, 1.807) is 31.2 Å². The first kappa shape index (κ1) is 34.5. The molecule has 0 radical (unpaired) electrons. The number of amides is 3. The van der Waals surface area contributed by atoms with Crippen LogP contribution in [-0.2, 0) is 42.2 Å². The standard InChI is InChI=1S/C35H38N4O6.Ni/c1-2-25(22-30(40)39-20-21-45-35(39)44)32(34(42)43)37-31(26-14-7-4-8-15-26)27-16-9-10-17-28(27)36-33(41)29-18-11-19-38(29)23-24-12-5-3-6-13-24;/h3-10,12-17,25,29,32H,2,11,18-23H2,1H3,(H2,36,37,41,42,43);/p-1/t25-,29-,32-;/m0./s1. The van der Waals surface area contributed by atoms with Gasteiger partial charge in [-0.05, 0) is 30.5 Å². The summed E-state index contributed by atoms with van der Waals surface area (Å²) in [6, 6.07) is 24.6. The molecule has 1 N–H and O–H groups in total. The third kappa shape index (κ3) is 8.27. The fourth-order valence-corrected chi connectivity index (χ4v) is 5.91. The van der Waals surface area contributed by atoms with Crippen LogP contribution in [0.5, 0.6) is 0 Å². The van der Waals surface area contributed by atoms with Crippen LogP contribution in [0.1, 0.15) is 49.3 Å². The topological polar surface area (TPSA) is 131 Å². The van der Waals surface area contributed by atoms with Gasteiger partial charge in [-0.3, -0.25) is 14.7 Å². The normalized spacial score (nSPS) is 17.9. The molecule has 2 aliphatic rings. The third-order valence-corrected chi connectivity index (χ3v) is 8.31. The molecule has 0 bridgehead atoms. The number of para-hydroxylation sites is 1. The second-order valence-electron chi connectivity index (χ2n) is 11.2. The van der Waals surface area contributed by atoms with E-state index >= 15 is 0 Å². The molecule has 244 valence electrons. The van der Waals surface area contributed by atoms with Crippen LogP contribution in [0.3, 0.4) is 0 Å². The number of nitrogens with zero attached hydrogens (tertiary/aromatic N) is 4. The number of hydrogen-bond acceptors (Lipinski definition) is 7. The molecule has 0 aliphatic carbocycles. The van der Waals surface area contributed by atoms with E-state index in [4.69, 9.17) is 9.73 Å². The van der Waals surface area contributed by atoms with E-state index in [1.165, 1.54) is 0 Å². The molecule has 3 aromatic rings. The van der Waals surface area contributed by atoms with E-state index in [-0.39, 0.29) is 48.0 Å². The first-order chi connectivity index (χ1) is 21.9. The largest absolute Gasteiger partial charge is 0.625 e. The van der Waals surface area contributed by atoms with Crippen molar-refractivity contribution in [2.24, 2.45) is 10.9 Å². The number of carboxylic acid groups (broad SMARTS) is 1. The summed E-state index contributed by atoms with van der Waals surface area (Å²) in [5.74, 6) is -2.64. The molecule has 3 amide bonds. The number of carboxylic acids is 1. The van der Waals surface area contributed by atoms with Crippen LogP contribution in [-0.4, -0.2) is 76.3 Å². The van der Waals surface area contributed by atoms with Gasteiger partial charge in [-0.1, -0.05) is 98.3 Å². The van der Waals surface area contributed by atoms with E-state index in [9.17, 15) is 24.3 Å². The Labute approximate surface area is 278 Å². The molecule has 2 aliphatic heterocycles. The van der Waals surface area contributed by atoms with Gasteiger partial charge in [0, 0.05) is 40.9 Å². The minimum atomic E-state index is -1.30. The van der Waals surface area contributed by atoms with Gasteiger partial charge in [0.15, 0.2) is 6.04 Å². The third-order valence-electron chi connectivity index (χ3n) is 8.31. The van der Waals surface area contributed by atoms with Crippen molar-refractivity contribution in [2.45, 2.75) is 51.2 Å². The average Bonchev–Trinajstić information content (AvgIpc) is 3.70. The number of benzene rings is 3. The second-order valence-corrected chi connectivity index (χ2v) is 11.2. The molecule has 2 saturated heterocycles. The van der Waals surface area contributed by atoms with Crippen molar-refractivity contribution in [3.8, 4) is 0 Å². The fraction of sp³-hybridized carbons (Fsp3) is 0.343. The van der Waals surface area contributed by atoms with Gasteiger partial charge < -0.3 is 20.0 Å². The van der Waals surface area contributed by atoms with Gasteiger partial charge in [0.1, 0.15) is 6.61 Å². The maximum Gasteiger partial charge on any atom is 0.416 e. The minimum absolute atomic E-state index is 0. The van der Waals surface area contributed by atoms with E-state index in [0.717, 1.165) is 23.4 Å². The summed E-state index contributed by atoms with van der Waals surface area (Å²) >= 11 is 0. The van der Waals surface area contributed by atoms with Gasteiger partial charge in [0.25, 0.3) is 0 Å². The van der Waals surface area contributed by atoms with Crippen LogP contribution in [0, 0.1) is 5.92 Å². The molecule has 3 atom stereocenters. The summed E-state index contributed by atoms with van der Waals surface area (Å²) in [6.45, 7) is 3.49. The maximum absolute atomic E-state index is 13.7. The number of rotatable bonds is 12. The van der Waals surface area contributed by atoms with Gasteiger partial charge in [-0.25, -0.2) is 14.5 Å². The number of carbonyl (C=O) groups excluding carboxylic acids is 3. The summed E-state index contributed by atoms with van der Waals surface area (Å²) in [7, 11) is 0. The molecule has 0 spiro atoms. The molecule has 46 heavy (non-hydrogen) atoms. The first-order valence-corrected chi connectivity index (χ1v) is 15.3. The van der Waals surface area contributed by atoms with Crippen LogP contribution in [0.25, 0.3) is 5.32 Å². The van der Waals surface area contributed by atoms with Crippen LogP contribution in [0.4, 0.5) is 10.5 Å². The van der Waals surface area contributed by atoms with Gasteiger partial charge in [0.2, 0.25) is 5.91 Å². The molecule has 11 heteroatoms. The number of cyclic esters (lactones) is 1. The molecule has 10 nitrogen and oxygen atoms in total. The van der Waals surface area contributed by atoms with Crippen molar-refractivity contribution >= 4 is 35.3 Å². The van der Waals surface area contributed by atoms with Crippen LogP contribution in [0.15, 0.2) is 89.9 Å². The maximum atomic E-state index is 13.7. The number of aliphatic imine (C=N–C) groups is 1. The Morgan fingerprint density at radius 3 is 2.30 bits per heavy atom. The second kappa shape index (κ2) is 16.3. The van der Waals surface area contributed by atoms with Gasteiger partial charge in [-0.2, -0.15) is 0 Å². The number of carbonyl (C=O) groups is 4. The molecule has 2 fully saturated rings. The zero-order valence-electron chi connectivity index (χ0n) is 25.6. The van der Waals surface area contributed by atoms with Crippen LogP contribution >= 0.6 is 0 Å². The zero-order valence-corrected chi connectivity index (χ0v) is 26.6. The quantitative estimate of drug-likeness (QED) is 0.197. The Balaban J connectivity index is 0.00000480. The van der Waals surface area contributed by atoms with Gasteiger partial charge >= 0.3 is 12.1 Å². The van der Waals surface area contributed by atoms with E-state index in [2.05, 4.69) is 10.2 Å². The van der Waals surface area contributed by atoms with Crippen molar-refractivity contribution in [3.63, 3.8) is 0 Å². The molecule has 0 aromatic heterocycles. The van der Waals surface area contributed by atoms with Crippen LogP contribution in [0.2, 0.25) is 0 Å². The van der Waals surface area contributed by atoms with Crippen molar-refractivity contribution in [1.82, 2.24) is 9.80 Å². The minimum Gasteiger partial charge on any atom is -0.625 e. The summed E-state index contributed by atoms with van der Waals surface area (Å²) < 4.78 is 4.89. The summed E-state index contributed by atoms with van der Waals surface area (Å²) in [6.07, 6.45) is 1.02. The van der Waals surface area contributed by atoms with Gasteiger partial charge in [0.05, 0.1) is 24.2 Å². The zero-order chi connectivity index (χ0) is 31.8. The molecular formula is C35H37N4NiO6-. The summed E-state index contributed by atoms with van der Waals surface area (Å²) in [5, 5.41) is 14.9. The van der Waals surface area contributed by atoms with Crippen molar-refractivity contribution in [3.05, 3.63) is 107 Å². The Hall–Kier alpha value is -4.34. The molecule has 5 rings (SSSR count). The number of likely N-dealkylation sites (tertiary alicyclic amines) is 1. The van der Waals surface area contributed by atoms with Crippen molar-refractivity contribution in [1.29, 1.82) is 0 Å². The number of hydrogen-bond donors (Lipinski definition) is 1. The summed E-state index contributed by atoms with van der Waals surface area (Å²) in [4.78, 5) is 59.2. The number of aliphatic carboxylic acids is 1. The Morgan fingerprint density at radius 1 is 0.978 bits per heavy atom. The number of imide groups is 1. The van der Waals surface area contributed by atoms with Gasteiger partial charge in [-0.15, -0.1) is 5.69 Å². The SMILES string of the molecule is CC[C@@H](CC(=O)N1CCOC1=O)[C@H](N=C(c1ccccc1)c1ccccc1[N-]C(=O)[C@@H]1CCCN1Cc1ccccc1)C(=O)O.[Ni]. The first-order valence-electron chi connectivity index (χ1n) is 15.3. The van der Waals surface area contributed by atoms with E-state index in [0.29, 0.717) is 41.9 Å². The molecular weight excluding hydrogens is 631 g/mol. The van der Waals surface area contributed by atoms with E-state index in [1.807, 2.05) is 60.7 Å². The predicted octanol–water partition coefficient (Wildman–Crippen LogP) is 5.57. The van der Waals surface area contributed by atoms with Crippen molar-refractivity contribution < 1.29 is 45.5 Å². The predicted molar refractivity (Wildman–Crippen MR) is 169 cm³/mol. The van der Waals surface area contributed by atoms with Crippen molar-refractivity contribution in [2.75, 3.05) is 19.7 Å². The fourth-order valence-electron chi connectivity index (χ4n) is 5.91. The van der Waals surface area contributed by atoms with E-state index < -0.39 is 29.9 Å².